The molecule has 0 unspecified atom stereocenters. The van der Waals surface area contributed by atoms with Gasteiger partial charge in [-0.2, -0.15) is 0 Å². The van der Waals surface area contributed by atoms with Gasteiger partial charge in [0.05, 0.1) is 17.2 Å². The van der Waals surface area contributed by atoms with Gasteiger partial charge < -0.3 is 14.3 Å². The van der Waals surface area contributed by atoms with Crippen LogP contribution in [0.4, 0.5) is 5.69 Å². The molecule has 158 valence electrons. The smallest absolute Gasteiger partial charge is 0.224 e. The topological polar surface area (TPSA) is 73.0 Å². The van der Waals surface area contributed by atoms with Crippen molar-refractivity contribution in [1.29, 1.82) is 0 Å². The zero-order valence-corrected chi connectivity index (χ0v) is 17.7. The fourth-order valence-corrected chi connectivity index (χ4v) is 3.71. The number of hydrogen-bond acceptors (Lipinski definition) is 4. The monoisotopic (exact) mass is 422 g/mol. The SMILES string of the molecule is Cn1c(-c2ccc(NC(=O)CCc3ncc(-c4ccccc4)o3)cc2)nc2ccccc21. The van der Waals surface area contributed by atoms with Gasteiger partial charge in [-0.3, -0.25) is 4.79 Å². The standard InChI is InChI=1S/C26H22N4O2/c1-30-22-10-6-5-9-21(22)29-26(30)19-11-13-20(14-12-19)28-24(31)15-16-25-27-17-23(32-25)18-7-3-2-4-8-18/h2-14,17H,15-16H2,1H3,(H,28,31). The number of fused-ring (bicyclic) bond motifs is 1. The number of carbonyl (C=O) groups excluding carboxylic acids is 1. The van der Waals surface area contributed by atoms with E-state index in [1.165, 1.54) is 0 Å². The molecule has 6 nitrogen and oxygen atoms in total. The summed E-state index contributed by atoms with van der Waals surface area (Å²) in [4.78, 5) is 21.4. The first kappa shape index (κ1) is 19.8. The summed E-state index contributed by atoms with van der Waals surface area (Å²) in [5.74, 6) is 2.07. The van der Waals surface area contributed by atoms with E-state index in [1.54, 1.807) is 6.20 Å². The van der Waals surface area contributed by atoms with Crippen LogP contribution in [0.5, 0.6) is 0 Å². The van der Waals surface area contributed by atoms with E-state index >= 15 is 0 Å². The first-order chi connectivity index (χ1) is 15.7. The molecule has 0 aliphatic rings. The van der Waals surface area contributed by atoms with Crippen LogP contribution in [0.3, 0.4) is 0 Å². The predicted molar refractivity (Wildman–Crippen MR) is 125 cm³/mol. The van der Waals surface area contributed by atoms with E-state index in [-0.39, 0.29) is 5.91 Å². The van der Waals surface area contributed by atoms with E-state index in [4.69, 9.17) is 9.40 Å². The number of para-hydroxylation sites is 2. The van der Waals surface area contributed by atoms with Crippen molar-refractivity contribution in [3.05, 3.63) is 91.0 Å². The first-order valence-corrected chi connectivity index (χ1v) is 10.5. The summed E-state index contributed by atoms with van der Waals surface area (Å²) in [5.41, 5.74) is 4.76. The van der Waals surface area contributed by atoms with Gasteiger partial charge in [-0.25, -0.2) is 9.97 Å². The molecule has 0 aliphatic carbocycles. The number of amides is 1. The van der Waals surface area contributed by atoms with Gasteiger partial charge in [0.1, 0.15) is 5.82 Å². The average molecular weight is 422 g/mol. The molecule has 0 saturated carbocycles. The second-order valence-corrected chi connectivity index (χ2v) is 7.59. The minimum Gasteiger partial charge on any atom is -0.441 e. The Morgan fingerprint density at radius 3 is 2.47 bits per heavy atom. The normalized spacial score (nSPS) is 11.0. The lowest BCUT2D eigenvalue weighted by atomic mass is 10.2. The van der Waals surface area contributed by atoms with E-state index in [0.29, 0.717) is 24.5 Å². The van der Waals surface area contributed by atoms with Crippen LogP contribution in [0.1, 0.15) is 12.3 Å². The molecule has 0 radical (unpaired) electrons. The molecule has 0 bridgehead atoms. The Labute approximate surface area is 185 Å². The Balaban J connectivity index is 1.21. The molecule has 5 rings (SSSR count). The molecular weight excluding hydrogens is 400 g/mol. The highest BCUT2D eigenvalue weighted by Crippen LogP contribution is 2.25. The van der Waals surface area contributed by atoms with E-state index in [9.17, 15) is 4.79 Å². The highest BCUT2D eigenvalue weighted by Gasteiger charge is 2.11. The highest BCUT2D eigenvalue weighted by molar-refractivity contribution is 5.91. The van der Waals surface area contributed by atoms with Crippen molar-refractivity contribution in [2.45, 2.75) is 12.8 Å². The van der Waals surface area contributed by atoms with Crippen LogP contribution in [-0.4, -0.2) is 20.4 Å². The molecule has 32 heavy (non-hydrogen) atoms. The molecule has 0 saturated heterocycles. The predicted octanol–water partition coefficient (Wildman–Crippen LogP) is 5.47. The van der Waals surface area contributed by atoms with Crippen LogP contribution in [0.25, 0.3) is 33.7 Å². The van der Waals surface area contributed by atoms with Crippen LogP contribution >= 0.6 is 0 Å². The van der Waals surface area contributed by atoms with Crippen molar-refractivity contribution in [3.63, 3.8) is 0 Å². The maximum atomic E-state index is 12.4. The summed E-state index contributed by atoms with van der Waals surface area (Å²) in [6, 6.07) is 25.6. The Morgan fingerprint density at radius 1 is 0.938 bits per heavy atom. The Morgan fingerprint density at radius 2 is 1.69 bits per heavy atom. The molecule has 0 fully saturated rings. The minimum absolute atomic E-state index is 0.0834. The van der Waals surface area contributed by atoms with Crippen LogP contribution < -0.4 is 5.32 Å². The van der Waals surface area contributed by atoms with Gasteiger partial charge >= 0.3 is 0 Å². The number of nitrogens with zero attached hydrogens (tertiary/aromatic N) is 3. The molecule has 6 heteroatoms. The van der Waals surface area contributed by atoms with Crippen molar-refractivity contribution < 1.29 is 9.21 Å². The number of nitrogens with one attached hydrogen (secondary N) is 1. The summed E-state index contributed by atoms with van der Waals surface area (Å²) in [6.45, 7) is 0. The van der Waals surface area contributed by atoms with Gasteiger partial charge in [-0.1, -0.05) is 42.5 Å². The lowest BCUT2D eigenvalue weighted by molar-refractivity contribution is -0.116. The third-order valence-corrected chi connectivity index (χ3v) is 5.39. The van der Waals surface area contributed by atoms with Gasteiger partial charge in [-0.05, 0) is 36.4 Å². The number of aromatic nitrogens is 3. The highest BCUT2D eigenvalue weighted by atomic mass is 16.4. The summed E-state index contributed by atoms with van der Waals surface area (Å²) < 4.78 is 7.84. The number of benzene rings is 3. The van der Waals surface area contributed by atoms with Crippen molar-refractivity contribution in [1.82, 2.24) is 14.5 Å². The van der Waals surface area contributed by atoms with Gasteiger partial charge in [0.15, 0.2) is 11.7 Å². The molecule has 3 aromatic carbocycles. The molecular formula is C26H22N4O2. The van der Waals surface area contributed by atoms with Gasteiger partial charge in [0.25, 0.3) is 0 Å². The maximum Gasteiger partial charge on any atom is 0.224 e. The number of hydrogen-bond donors (Lipinski definition) is 1. The fourth-order valence-electron chi connectivity index (χ4n) is 3.71. The van der Waals surface area contributed by atoms with E-state index in [2.05, 4.69) is 20.9 Å². The first-order valence-electron chi connectivity index (χ1n) is 10.5. The summed E-state index contributed by atoms with van der Waals surface area (Å²) in [7, 11) is 2.01. The second-order valence-electron chi connectivity index (χ2n) is 7.59. The summed E-state index contributed by atoms with van der Waals surface area (Å²) >= 11 is 0. The average Bonchev–Trinajstić information content (AvgIpc) is 3.44. The number of imidazole rings is 1. The van der Waals surface area contributed by atoms with Gasteiger partial charge in [0.2, 0.25) is 5.91 Å². The van der Waals surface area contributed by atoms with Crippen LogP contribution in [0, 0.1) is 0 Å². The quantitative estimate of drug-likeness (QED) is 0.394. The Kier molecular flexibility index (Phi) is 5.25. The number of rotatable bonds is 6. The van der Waals surface area contributed by atoms with Gasteiger partial charge in [0, 0.05) is 36.7 Å². The van der Waals surface area contributed by atoms with Gasteiger partial charge in [-0.15, -0.1) is 0 Å². The minimum atomic E-state index is -0.0834. The molecule has 1 N–H and O–H groups in total. The van der Waals surface area contributed by atoms with Crippen molar-refractivity contribution in [2.75, 3.05) is 5.32 Å². The molecule has 0 spiro atoms. The fraction of sp³-hybridized carbons (Fsp3) is 0.115. The largest absolute Gasteiger partial charge is 0.441 e. The summed E-state index contributed by atoms with van der Waals surface area (Å²) in [5, 5.41) is 2.93. The van der Waals surface area contributed by atoms with Crippen LogP contribution in [-0.2, 0) is 18.3 Å². The molecule has 5 aromatic rings. The van der Waals surface area contributed by atoms with Crippen molar-refractivity contribution >= 4 is 22.6 Å². The van der Waals surface area contributed by atoms with Crippen LogP contribution in [0.15, 0.2) is 89.5 Å². The Bertz CT molecular complexity index is 1370. The number of aryl methyl sites for hydroxylation is 2. The molecule has 1 amide bonds. The molecule has 0 atom stereocenters. The third kappa shape index (κ3) is 4.03. The maximum absolute atomic E-state index is 12.4. The number of oxazole rings is 1. The van der Waals surface area contributed by atoms with E-state index in [1.807, 2.05) is 79.8 Å². The number of carbonyl (C=O) groups is 1. The molecule has 0 aliphatic heterocycles. The molecule has 2 heterocycles. The lowest BCUT2D eigenvalue weighted by Crippen LogP contribution is -2.12. The van der Waals surface area contributed by atoms with E-state index in [0.717, 1.165) is 33.7 Å². The van der Waals surface area contributed by atoms with Crippen LogP contribution in [0.2, 0.25) is 0 Å². The molecule has 2 aromatic heterocycles. The summed E-state index contributed by atoms with van der Waals surface area (Å²) in [6.07, 6.45) is 2.43. The third-order valence-electron chi connectivity index (χ3n) is 5.39. The lowest BCUT2D eigenvalue weighted by Gasteiger charge is -2.07. The van der Waals surface area contributed by atoms with Crippen molar-refractivity contribution in [3.8, 4) is 22.7 Å². The number of anilines is 1. The zero-order chi connectivity index (χ0) is 21.9. The van der Waals surface area contributed by atoms with E-state index < -0.39 is 0 Å². The zero-order valence-electron chi connectivity index (χ0n) is 17.7. The Hall–Kier alpha value is -4.19. The second kappa shape index (κ2) is 8.51. The van der Waals surface area contributed by atoms with Crippen molar-refractivity contribution in [2.24, 2.45) is 7.05 Å².